The summed E-state index contributed by atoms with van der Waals surface area (Å²) >= 11 is 1.27. The largest absolute Gasteiger partial charge is 0.505 e. The second kappa shape index (κ2) is 6.80. The number of hydrogen-bond donors (Lipinski definition) is 2. The predicted octanol–water partition coefficient (Wildman–Crippen LogP) is 3.46. The Kier molecular flexibility index (Phi) is 4.57. The van der Waals surface area contributed by atoms with E-state index in [0.29, 0.717) is 11.3 Å². The van der Waals surface area contributed by atoms with Gasteiger partial charge in [-0.3, -0.25) is 13.9 Å². The molecule has 122 valence electrons. The molecule has 0 atom stereocenters. The quantitative estimate of drug-likeness (QED) is 0.834. The molecule has 0 unspecified atom stereocenters. The summed E-state index contributed by atoms with van der Waals surface area (Å²) in [5, 5.41) is 13.2. The molecule has 0 aliphatic carbocycles. The highest BCUT2D eigenvalue weighted by molar-refractivity contribution is 7.97. The number of anilines is 1. The van der Waals surface area contributed by atoms with Crippen molar-refractivity contribution in [1.82, 2.24) is 4.31 Å². The molecule has 0 fully saturated rings. The number of carbonyl (C=O) groups is 2. The van der Waals surface area contributed by atoms with E-state index in [2.05, 4.69) is 5.32 Å². The van der Waals surface area contributed by atoms with Crippen LogP contribution in [0.4, 0.5) is 5.69 Å². The van der Waals surface area contributed by atoms with Gasteiger partial charge in [0.15, 0.2) is 11.5 Å². The van der Waals surface area contributed by atoms with Crippen LogP contribution in [0.15, 0.2) is 65.2 Å². The lowest BCUT2D eigenvalue weighted by atomic mass is 10.1. The molecule has 1 heterocycles. The Morgan fingerprint density at radius 2 is 1.75 bits per heavy atom. The molecule has 6 heteroatoms. The van der Waals surface area contributed by atoms with Gasteiger partial charge in [-0.2, -0.15) is 0 Å². The van der Waals surface area contributed by atoms with Crippen LogP contribution >= 0.6 is 11.9 Å². The van der Waals surface area contributed by atoms with E-state index in [0.717, 1.165) is 4.90 Å². The first-order valence-corrected chi connectivity index (χ1v) is 8.17. The summed E-state index contributed by atoms with van der Waals surface area (Å²) in [7, 11) is 0. The van der Waals surface area contributed by atoms with E-state index < -0.39 is 0 Å². The summed E-state index contributed by atoms with van der Waals surface area (Å²) in [5.41, 5.74) is 1.43. The van der Waals surface area contributed by atoms with Crippen molar-refractivity contribution in [3.63, 3.8) is 0 Å². The number of Topliss-reactive ketones (excluding diaryl/α,β-unsaturated/α-hetero) is 1. The SMILES string of the molecule is CC(=O)C1=C(O)c2ccccc2SN1CC(=O)Nc1ccccc1. The van der Waals surface area contributed by atoms with E-state index in [1.54, 1.807) is 24.3 Å². The molecule has 2 aromatic carbocycles. The highest BCUT2D eigenvalue weighted by Gasteiger charge is 2.29. The number of allylic oxidation sites excluding steroid dienone is 1. The van der Waals surface area contributed by atoms with Gasteiger partial charge in [0.2, 0.25) is 5.91 Å². The second-order valence-corrected chi connectivity index (χ2v) is 6.35. The number of ketones is 1. The maximum Gasteiger partial charge on any atom is 0.244 e. The number of amides is 1. The van der Waals surface area contributed by atoms with Crippen molar-refractivity contribution >= 4 is 35.1 Å². The third kappa shape index (κ3) is 3.28. The molecule has 2 N–H and O–H groups in total. The zero-order chi connectivity index (χ0) is 17.1. The highest BCUT2D eigenvalue weighted by Crippen LogP contribution is 2.39. The number of aliphatic hydroxyl groups is 1. The minimum absolute atomic E-state index is 0.0487. The van der Waals surface area contributed by atoms with Gasteiger partial charge >= 0.3 is 0 Å². The zero-order valence-corrected chi connectivity index (χ0v) is 13.8. The topological polar surface area (TPSA) is 69.6 Å². The Balaban J connectivity index is 1.84. The number of nitrogens with zero attached hydrogens (tertiary/aromatic N) is 1. The van der Waals surface area contributed by atoms with Crippen LogP contribution in [0, 0.1) is 0 Å². The Morgan fingerprint density at radius 1 is 1.08 bits per heavy atom. The van der Waals surface area contributed by atoms with Gasteiger partial charge < -0.3 is 10.4 Å². The summed E-state index contributed by atoms with van der Waals surface area (Å²) in [4.78, 5) is 25.0. The molecule has 0 spiro atoms. The predicted molar refractivity (Wildman–Crippen MR) is 94.3 cm³/mol. The van der Waals surface area contributed by atoms with E-state index in [-0.39, 0.29) is 29.7 Å². The highest BCUT2D eigenvalue weighted by atomic mass is 32.2. The fraction of sp³-hybridized carbons (Fsp3) is 0.111. The van der Waals surface area contributed by atoms with Gasteiger partial charge in [0.25, 0.3) is 0 Å². The lowest BCUT2D eigenvalue weighted by Gasteiger charge is -2.29. The minimum Gasteiger partial charge on any atom is -0.505 e. The maximum absolute atomic E-state index is 12.3. The molecule has 0 aromatic heterocycles. The Morgan fingerprint density at radius 3 is 2.46 bits per heavy atom. The molecule has 1 amide bonds. The first-order valence-electron chi connectivity index (χ1n) is 7.40. The maximum atomic E-state index is 12.3. The van der Waals surface area contributed by atoms with Gasteiger partial charge in [0, 0.05) is 23.1 Å². The lowest BCUT2D eigenvalue weighted by molar-refractivity contribution is -0.116. The van der Waals surface area contributed by atoms with Crippen LogP contribution in [-0.4, -0.2) is 27.6 Å². The summed E-state index contributed by atoms with van der Waals surface area (Å²) in [6.07, 6.45) is 0. The molecule has 0 saturated heterocycles. The van der Waals surface area contributed by atoms with E-state index >= 15 is 0 Å². The Labute approximate surface area is 144 Å². The number of fused-ring (bicyclic) bond motifs is 1. The average molecular weight is 340 g/mol. The van der Waals surface area contributed by atoms with Crippen LogP contribution in [0.3, 0.4) is 0 Å². The van der Waals surface area contributed by atoms with Crippen molar-refractivity contribution in [2.45, 2.75) is 11.8 Å². The van der Waals surface area contributed by atoms with Crippen LogP contribution in [0.5, 0.6) is 0 Å². The first kappa shape index (κ1) is 16.1. The molecular formula is C18H16N2O3S. The van der Waals surface area contributed by atoms with Crippen LogP contribution < -0.4 is 5.32 Å². The third-order valence-electron chi connectivity index (χ3n) is 3.50. The molecule has 1 aliphatic rings. The van der Waals surface area contributed by atoms with E-state index in [1.165, 1.54) is 23.2 Å². The molecular weight excluding hydrogens is 324 g/mol. The summed E-state index contributed by atoms with van der Waals surface area (Å²) in [6.45, 7) is 1.33. The smallest absolute Gasteiger partial charge is 0.244 e. The number of benzene rings is 2. The third-order valence-corrected chi connectivity index (χ3v) is 4.59. The van der Waals surface area contributed by atoms with Gasteiger partial charge in [-0.1, -0.05) is 30.3 Å². The fourth-order valence-corrected chi connectivity index (χ4v) is 3.59. The molecule has 2 aromatic rings. The molecule has 0 bridgehead atoms. The standard InChI is InChI=1S/C18H16N2O3S/c1-12(21)17-18(23)14-9-5-6-10-15(14)24-20(17)11-16(22)19-13-7-3-2-4-8-13/h2-10,23H,11H2,1H3,(H,19,22). The van der Waals surface area contributed by atoms with Crippen molar-refractivity contribution in [3.8, 4) is 0 Å². The minimum atomic E-state index is -0.290. The molecule has 0 saturated carbocycles. The van der Waals surface area contributed by atoms with E-state index in [4.69, 9.17) is 0 Å². The Bertz CT molecular complexity index is 818. The number of para-hydroxylation sites is 1. The number of carbonyl (C=O) groups excluding carboxylic acids is 2. The molecule has 0 radical (unpaired) electrons. The lowest BCUT2D eigenvalue weighted by Crippen LogP contribution is -2.32. The Hall–Kier alpha value is -2.73. The van der Waals surface area contributed by atoms with Crippen molar-refractivity contribution in [2.24, 2.45) is 0 Å². The van der Waals surface area contributed by atoms with E-state index in [1.807, 2.05) is 30.3 Å². The molecule has 1 aliphatic heterocycles. The second-order valence-electron chi connectivity index (χ2n) is 5.29. The van der Waals surface area contributed by atoms with Crippen LogP contribution in [0.2, 0.25) is 0 Å². The average Bonchev–Trinajstić information content (AvgIpc) is 2.55. The summed E-state index contributed by atoms with van der Waals surface area (Å²) < 4.78 is 1.53. The van der Waals surface area contributed by atoms with Gasteiger partial charge in [-0.25, -0.2) is 0 Å². The zero-order valence-electron chi connectivity index (χ0n) is 13.0. The van der Waals surface area contributed by atoms with E-state index in [9.17, 15) is 14.7 Å². The molecule has 5 nitrogen and oxygen atoms in total. The van der Waals surface area contributed by atoms with Gasteiger partial charge in [-0.05, 0) is 36.2 Å². The normalized spacial score (nSPS) is 13.5. The summed E-state index contributed by atoms with van der Waals surface area (Å²) in [5.74, 6) is -0.647. The number of nitrogens with one attached hydrogen (secondary N) is 1. The number of aliphatic hydroxyl groups excluding tert-OH is 1. The first-order chi connectivity index (χ1) is 11.6. The monoisotopic (exact) mass is 340 g/mol. The van der Waals surface area contributed by atoms with Crippen molar-refractivity contribution in [1.29, 1.82) is 0 Å². The summed E-state index contributed by atoms with van der Waals surface area (Å²) in [6, 6.07) is 16.3. The molecule has 24 heavy (non-hydrogen) atoms. The van der Waals surface area contributed by atoms with Gasteiger partial charge in [0.05, 0.1) is 0 Å². The van der Waals surface area contributed by atoms with Crippen molar-refractivity contribution in [2.75, 3.05) is 11.9 Å². The van der Waals surface area contributed by atoms with Crippen molar-refractivity contribution in [3.05, 3.63) is 65.9 Å². The van der Waals surface area contributed by atoms with Crippen molar-refractivity contribution < 1.29 is 14.7 Å². The van der Waals surface area contributed by atoms with Crippen LogP contribution in [0.1, 0.15) is 12.5 Å². The van der Waals surface area contributed by atoms with Crippen LogP contribution in [0.25, 0.3) is 5.76 Å². The number of hydrogen-bond acceptors (Lipinski definition) is 5. The van der Waals surface area contributed by atoms with Crippen LogP contribution in [-0.2, 0) is 9.59 Å². The van der Waals surface area contributed by atoms with Gasteiger partial charge in [-0.15, -0.1) is 0 Å². The number of rotatable bonds is 4. The fourth-order valence-electron chi connectivity index (χ4n) is 2.46. The van der Waals surface area contributed by atoms with Gasteiger partial charge in [0.1, 0.15) is 12.2 Å². The molecule has 3 rings (SSSR count).